The molecule has 66 valence electrons. The minimum absolute atomic E-state index is 0.157. The molecule has 0 aliphatic rings. The van der Waals surface area contributed by atoms with E-state index < -0.39 is 0 Å². The fourth-order valence-corrected chi connectivity index (χ4v) is 1.42. The van der Waals surface area contributed by atoms with Gasteiger partial charge in [0.15, 0.2) is 0 Å². The number of anilines is 1. The van der Waals surface area contributed by atoms with Crippen LogP contribution in [-0.2, 0) is 0 Å². The number of aromatic amines is 1. The van der Waals surface area contributed by atoms with Crippen LogP contribution in [0.15, 0.2) is 23.1 Å². The van der Waals surface area contributed by atoms with Crippen LogP contribution in [0.25, 0.3) is 10.8 Å². The lowest BCUT2D eigenvalue weighted by molar-refractivity contribution is 1.26. The number of rotatable bonds is 0. The van der Waals surface area contributed by atoms with Crippen LogP contribution >= 0.6 is 11.6 Å². The van der Waals surface area contributed by atoms with Gasteiger partial charge in [-0.3, -0.25) is 4.79 Å². The Labute approximate surface area is 78.4 Å². The number of fused-ring (bicyclic) bond motifs is 1. The first-order chi connectivity index (χ1) is 6.18. The fraction of sp³-hybridized carbons (Fsp3) is 0. The van der Waals surface area contributed by atoms with Crippen LogP contribution in [0, 0.1) is 0 Å². The van der Waals surface area contributed by atoms with E-state index in [0.717, 1.165) is 0 Å². The Kier molecular flexibility index (Phi) is 1.70. The van der Waals surface area contributed by atoms with Crippen LogP contribution in [0.5, 0.6) is 0 Å². The Morgan fingerprint density at radius 3 is 3.08 bits per heavy atom. The second-order valence-corrected chi connectivity index (χ2v) is 2.99. The summed E-state index contributed by atoms with van der Waals surface area (Å²) in [5.41, 5.74) is 5.29. The van der Waals surface area contributed by atoms with E-state index in [1.165, 1.54) is 0 Å². The van der Waals surface area contributed by atoms with E-state index in [2.05, 4.69) is 9.97 Å². The number of nitrogen functional groups attached to an aromatic ring is 1. The third-order valence-corrected chi connectivity index (χ3v) is 1.94. The third kappa shape index (κ3) is 1.25. The SMILES string of the molecule is Nc1nc(Cl)cc2cc[nH]c(=O)c12. The maximum Gasteiger partial charge on any atom is 0.259 e. The average molecular weight is 196 g/mol. The molecule has 0 aliphatic carbocycles. The van der Waals surface area contributed by atoms with Crippen molar-refractivity contribution in [2.75, 3.05) is 5.73 Å². The molecule has 3 N–H and O–H groups in total. The van der Waals surface area contributed by atoms with E-state index in [-0.39, 0.29) is 16.5 Å². The zero-order valence-corrected chi connectivity index (χ0v) is 7.30. The first kappa shape index (κ1) is 8.07. The second-order valence-electron chi connectivity index (χ2n) is 2.60. The van der Waals surface area contributed by atoms with Gasteiger partial charge < -0.3 is 10.7 Å². The largest absolute Gasteiger partial charge is 0.383 e. The van der Waals surface area contributed by atoms with Crippen LogP contribution in [-0.4, -0.2) is 9.97 Å². The Morgan fingerprint density at radius 2 is 2.31 bits per heavy atom. The first-order valence-electron chi connectivity index (χ1n) is 3.62. The number of nitrogens with one attached hydrogen (secondary N) is 1. The van der Waals surface area contributed by atoms with Crippen molar-refractivity contribution in [3.63, 3.8) is 0 Å². The fourth-order valence-electron chi connectivity index (χ4n) is 1.21. The van der Waals surface area contributed by atoms with Crippen LogP contribution in [0.2, 0.25) is 5.15 Å². The molecule has 0 radical (unpaired) electrons. The molecule has 0 bridgehead atoms. The normalized spacial score (nSPS) is 10.5. The van der Waals surface area contributed by atoms with Crippen molar-refractivity contribution in [2.45, 2.75) is 0 Å². The van der Waals surface area contributed by atoms with Gasteiger partial charge in [-0.2, -0.15) is 0 Å². The average Bonchev–Trinajstić information content (AvgIpc) is 2.02. The Balaban J connectivity index is 3.03. The molecule has 0 aliphatic heterocycles. The van der Waals surface area contributed by atoms with E-state index in [9.17, 15) is 4.79 Å². The van der Waals surface area contributed by atoms with Gasteiger partial charge in [-0.25, -0.2) is 4.98 Å². The molecule has 0 fully saturated rings. The molecule has 2 rings (SSSR count). The minimum atomic E-state index is -0.251. The van der Waals surface area contributed by atoms with Crippen LogP contribution < -0.4 is 11.3 Å². The van der Waals surface area contributed by atoms with E-state index in [0.29, 0.717) is 10.8 Å². The lowest BCUT2D eigenvalue weighted by Gasteiger charge is -1.99. The van der Waals surface area contributed by atoms with Crippen molar-refractivity contribution in [3.8, 4) is 0 Å². The second kappa shape index (κ2) is 2.74. The van der Waals surface area contributed by atoms with E-state index in [4.69, 9.17) is 17.3 Å². The van der Waals surface area contributed by atoms with E-state index in [1.807, 2.05) is 0 Å². The molecule has 0 spiro atoms. The zero-order chi connectivity index (χ0) is 9.42. The zero-order valence-electron chi connectivity index (χ0n) is 6.54. The first-order valence-corrected chi connectivity index (χ1v) is 3.99. The van der Waals surface area contributed by atoms with Gasteiger partial charge in [-0.05, 0) is 17.5 Å². The van der Waals surface area contributed by atoms with Crippen LogP contribution in [0.4, 0.5) is 5.82 Å². The number of halogens is 1. The maximum absolute atomic E-state index is 11.3. The molecule has 2 aromatic heterocycles. The Hall–Kier alpha value is -1.55. The van der Waals surface area contributed by atoms with Gasteiger partial charge in [0.25, 0.3) is 5.56 Å². The molecule has 2 heterocycles. The van der Waals surface area contributed by atoms with Crippen molar-refractivity contribution in [3.05, 3.63) is 33.8 Å². The number of nitrogens with two attached hydrogens (primary N) is 1. The summed E-state index contributed by atoms with van der Waals surface area (Å²) < 4.78 is 0. The molecule has 2 aromatic rings. The van der Waals surface area contributed by atoms with Crippen molar-refractivity contribution in [1.82, 2.24) is 9.97 Å². The standard InChI is InChI=1S/C8H6ClN3O/c9-5-3-4-1-2-11-8(13)6(4)7(10)12-5/h1-3H,(H2,10,12)(H,11,13). The summed E-state index contributed by atoms with van der Waals surface area (Å²) >= 11 is 5.67. The van der Waals surface area contributed by atoms with Crippen LogP contribution in [0.1, 0.15) is 0 Å². The molecular formula is C8H6ClN3O. The molecule has 0 amide bonds. The van der Waals surface area contributed by atoms with Crippen molar-refractivity contribution >= 4 is 28.2 Å². The Morgan fingerprint density at radius 1 is 1.54 bits per heavy atom. The van der Waals surface area contributed by atoms with Crippen molar-refractivity contribution in [2.24, 2.45) is 0 Å². The number of hydrogen-bond donors (Lipinski definition) is 2. The molecule has 5 heteroatoms. The molecule has 0 saturated carbocycles. The van der Waals surface area contributed by atoms with Gasteiger partial charge in [0.05, 0.1) is 5.39 Å². The van der Waals surface area contributed by atoms with E-state index >= 15 is 0 Å². The van der Waals surface area contributed by atoms with Gasteiger partial charge in [0.2, 0.25) is 0 Å². The molecule has 0 saturated heterocycles. The molecule has 0 unspecified atom stereocenters. The number of aromatic nitrogens is 2. The highest BCUT2D eigenvalue weighted by atomic mass is 35.5. The highest BCUT2D eigenvalue weighted by Crippen LogP contribution is 2.18. The lowest BCUT2D eigenvalue weighted by atomic mass is 10.2. The van der Waals surface area contributed by atoms with Crippen molar-refractivity contribution in [1.29, 1.82) is 0 Å². The van der Waals surface area contributed by atoms with Gasteiger partial charge in [0.1, 0.15) is 11.0 Å². The summed E-state index contributed by atoms with van der Waals surface area (Å²) in [7, 11) is 0. The predicted molar refractivity (Wildman–Crippen MR) is 51.8 cm³/mol. The third-order valence-electron chi connectivity index (χ3n) is 1.75. The quantitative estimate of drug-likeness (QED) is 0.620. The number of nitrogens with zero attached hydrogens (tertiary/aromatic N) is 1. The smallest absolute Gasteiger partial charge is 0.259 e. The summed E-state index contributed by atoms with van der Waals surface area (Å²) in [4.78, 5) is 17.6. The molecule has 0 aromatic carbocycles. The van der Waals surface area contributed by atoms with Crippen molar-refractivity contribution < 1.29 is 0 Å². The van der Waals surface area contributed by atoms with Gasteiger partial charge in [0, 0.05) is 6.20 Å². The summed E-state index contributed by atoms with van der Waals surface area (Å²) in [6.45, 7) is 0. The number of H-pyrrole nitrogens is 1. The maximum atomic E-state index is 11.3. The monoisotopic (exact) mass is 195 g/mol. The predicted octanol–water partition coefficient (Wildman–Crippen LogP) is 1.16. The number of hydrogen-bond acceptors (Lipinski definition) is 3. The molecule has 0 atom stereocenters. The summed E-state index contributed by atoms with van der Waals surface area (Å²) in [5.74, 6) is 0.157. The van der Waals surface area contributed by atoms with Gasteiger partial charge >= 0.3 is 0 Å². The molecular weight excluding hydrogens is 190 g/mol. The highest BCUT2D eigenvalue weighted by molar-refractivity contribution is 6.30. The minimum Gasteiger partial charge on any atom is -0.383 e. The summed E-state index contributed by atoms with van der Waals surface area (Å²) in [5, 5.41) is 1.36. The summed E-state index contributed by atoms with van der Waals surface area (Å²) in [6.07, 6.45) is 1.54. The number of pyridine rings is 2. The Bertz CT molecular complexity index is 520. The van der Waals surface area contributed by atoms with E-state index in [1.54, 1.807) is 18.3 Å². The van der Waals surface area contributed by atoms with Gasteiger partial charge in [-0.15, -0.1) is 0 Å². The topological polar surface area (TPSA) is 71.8 Å². The highest BCUT2D eigenvalue weighted by Gasteiger charge is 2.04. The summed E-state index contributed by atoms with van der Waals surface area (Å²) in [6, 6.07) is 3.32. The molecule has 4 nitrogen and oxygen atoms in total. The van der Waals surface area contributed by atoms with Gasteiger partial charge in [-0.1, -0.05) is 11.6 Å². The molecule has 13 heavy (non-hydrogen) atoms. The lowest BCUT2D eigenvalue weighted by Crippen LogP contribution is -2.08. The van der Waals surface area contributed by atoms with Crippen LogP contribution in [0.3, 0.4) is 0 Å².